The van der Waals surface area contributed by atoms with Gasteiger partial charge in [0.15, 0.2) is 0 Å². The Kier molecular flexibility index (Phi) is 9.66. The summed E-state index contributed by atoms with van der Waals surface area (Å²) in [7, 11) is 1.75. The van der Waals surface area contributed by atoms with Gasteiger partial charge in [-0.25, -0.2) is 9.97 Å². The summed E-state index contributed by atoms with van der Waals surface area (Å²) in [4.78, 5) is 24.2. The molecular formula is C30H45N5O4. The van der Waals surface area contributed by atoms with E-state index in [0.717, 1.165) is 56.5 Å². The molecule has 39 heavy (non-hydrogen) atoms. The first kappa shape index (κ1) is 28.2. The molecule has 1 aromatic heterocycles. The van der Waals surface area contributed by atoms with Crippen LogP contribution in [0.25, 0.3) is 0 Å². The Morgan fingerprint density at radius 1 is 1.15 bits per heavy atom. The predicted molar refractivity (Wildman–Crippen MR) is 151 cm³/mol. The van der Waals surface area contributed by atoms with Crippen LogP contribution in [-0.2, 0) is 14.2 Å². The maximum Gasteiger partial charge on any atom is 0.272 e. The monoisotopic (exact) mass is 539 g/mol. The second-order valence-corrected chi connectivity index (χ2v) is 11.5. The average molecular weight is 540 g/mol. The van der Waals surface area contributed by atoms with Gasteiger partial charge in [0, 0.05) is 56.9 Å². The molecule has 0 aromatic carbocycles. The molecule has 1 aromatic rings. The molecule has 5 rings (SSSR count). The molecule has 5 atom stereocenters. The van der Waals surface area contributed by atoms with Crippen LogP contribution in [0.5, 0.6) is 0 Å². The first-order chi connectivity index (χ1) is 19.0. The zero-order valence-electron chi connectivity index (χ0n) is 23.7. The van der Waals surface area contributed by atoms with Gasteiger partial charge < -0.3 is 29.7 Å². The number of carbonyl (C=O) groups excluding carboxylic acids is 1. The molecule has 2 N–H and O–H groups in total. The number of piperidine rings is 1. The first-order valence-electron chi connectivity index (χ1n) is 14.7. The third-order valence-electron chi connectivity index (χ3n) is 8.80. The summed E-state index contributed by atoms with van der Waals surface area (Å²) in [6, 6.07) is 0.680. The van der Waals surface area contributed by atoms with Crippen LogP contribution in [0.3, 0.4) is 0 Å². The normalized spacial score (nSPS) is 30.2. The van der Waals surface area contributed by atoms with Crippen molar-refractivity contribution in [3.8, 4) is 0 Å². The summed E-state index contributed by atoms with van der Waals surface area (Å²) < 4.78 is 17.6. The van der Waals surface area contributed by atoms with Gasteiger partial charge >= 0.3 is 0 Å². The molecule has 4 heterocycles. The van der Waals surface area contributed by atoms with E-state index in [0.29, 0.717) is 49.9 Å². The SMILES string of the molecule is CO[C@H]1COCC[C@H]1NC1CCN(C(=O)c2ncnc(NC[C@H]3CCC[C@@H](C4C=CC(C)=CC4)O3)c2C)CC1. The molecule has 3 aliphatic heterocycles. The number of allylic oxidation sites excluding steroid dienone is 3. The van der Waals surface area contributed by atoms with Crippen molar-refractivity contribution in [3.63, 3.8) is 0 Å². The molecule has 4 aliphatic rings. The zero-order chi connectivity index (χ0) is 27.2. The molecule has 0 saturated carbocycles. The standard InChI is InChI=1S/C30H45N5O4/c1-20-7-9-22(10-8-20)26-6-4-5-24(39-26)17-31-29-21(2)28(32-19-33-29)30(36)35-14-11-23(12-15-35)34-25-13-16-38-18-27(25)37-3/h7-9,19,22-27,34H,4-6,10-18H2,1-3H3,(H,31,32,33)/t22?,24-,25-,26+,27+/m1/s1. The molecule has 9 heteroatoms. The summed E-state index contributed by atoms with van der Waals surface area (Å²) in [5.74, 6) is 1.16. The van der Waals surface area contributed by atoms with Crippen LogP contribution in [0.2, 0.25) is 0 Å². The molecular weight excluding hydrogens is 494 g/mol. The van der Waals surface area contributed by atoms with Crippen LogP contribution < -0.4 is 10.6 Å². The van der Waals surface area contributed by atoms with Crippen LogP contribution in [0, 0.1) is 12.8 Å². The van der Waals surface area contributed by atoms with Crippen molar-refractivity contribution in [3.05, 3.63) is 41.4 Å². The Morgan fingerprint density at radius 2 is 2.00 bits per heavy atom. The molecule has 0 radical (unpaired) electrons. The Labute approximate surface area is 232 Å². The third kappa shape index (κ3) is 7.06. The third-order valence-corrected chi connectivity index (χ3v) is 8.80. The lowest BCUT2D eigenvalue weighted by molar-refractivity contribution is -0.0615. The number of anilines is 1. The fourth-order valence-corrected chi connectivity index (χ4v) is 6.31. The van der Waals surface area contributed by atoms with E-state index in [-0.39, 0.29) is 24.2 Å². The van der Waals surface area contributed by atoms with Crippen molar-refractivity contribution in [2.45, 2.75) is 89.2 Å². The van der Waals surface area contributed by atoms with Crippen molar-refractivity contribution in [1.82, 2.24) is 20.2 Å². The minimum Gasteiger partial charge on any atom is -0.379 e. The fraction of sp³-hybridized carbons (Fsp3) is 0.700. The number of hydrogen-bond acceptors (Lipinski definition) is 8. The predicted octanol–water partition coefficient (Wildman–Crippen LogP) is 3.66. The van der Waals surface area contributed by atoms with Crippen LogP contribution in [0.15, 0.2) is 30.1 Å². The van der Waals surface area contributed by atoms with E-state index in [1.807, 2.05) is 11.8 Å². The molecule has 1 amide bonds. The van der Waals surface area contributed by atoms with E-state index >= 15 is 0 Å². The number of ether oxygens (including phenoxy) is 3. The quantitative estimate of drug-likeness (QED) is 0.517. The molecule has 1 unspecified atom stereocenters. The van der Waals surface area contributed by atoms with Crippen molar-refractivity contribution < 1.29 is 19.0 Å². The van der Waals surface area contributed by atoms with E-state index in [4.69, 9.17) is 14.2 Å². The highest BCUT2D eigenvalue weighted by Gasteiger charge is 2.32. The van der Waals surface area contributed by atoms with Crippen molar-refractivity contribution in [2.24, 2.45) is 5.92 Å². The number of hydrogen-bond donors (Lipinski definition) is 2. The maximum atomic E-state index is 13.4. The van der Waals surface area contributed by atoms with E-state index in [1.54, 1.807) is 7.11 Å². The van der Waals surface area contributed by atoms with Crippen molar-refractivity contribution in [2.75, 3.05) is 45.3 Å². The second kappa shape index (κ2) is 13.4. The molecule has 214 valence electrons. The van der Waals surface area contributed by atoms with Crippen molar-refractivity contribution >= 4 is 11.7 Å². The van der Waals surface area contributed by atoms with E-state index in [1.165, 1.54) is 18.3 Å². The number of nitrogens with zero attached hydrogens (tertiary/aromatic N) is 3. The maximum absolute atomic E-state index is 13.4. The van der Waals surface area contributed by atoms with Gasteiger partial charge in [-0.05, 0) is 58.8 Å². The Balaban J connectivity index is 1.12. The highest BCUT2D eigenvalue weighted by Crippen LogP contribution is 2.30. The van der Waals surface area contributed by atoms with Crippen LogP contribution >= 0.6 is 0 Å². The molecule has 9 nitrogen and oxygen atoms in total. The lowest BCUT2D eigenvalue weighted by Gasteiger charge is -2.38. The van der Waals surface area contributed by atoms with Gasteiger partial charge in [-0.15, -0.1) is 0 Å². The van der Waals surface area contributed by atoms with Gasteiger partial charge in [-0.3, -0.25) is 4.79 Å². The topological polar surface area (TPSA) is 97.8 Å². The number of aromatic nitrogens is 2. The van der Waals surface area contributed by atoms with E-state index < -0.39 is 0 Å². The largest absolute Gasteiger partial charge is 0.379 e. The number of likely N-dealkylation sites (tertiary alicyclic amines) is 1. The van der Waals surface area contributed by atoms with Crippen LogP contribution in [0.4, 0.5) is 5.82 Å². The van der Waals surface area contributed by atoms with E-state index in [2.05, 4.69) is 45.8 Å². The minimum atomic E-state index is -0.0151. The van der Waals surface area contributed by atoms with Crippen LogP contribution in [0.1, 0.15) is 67.9 Å². The Bertz CT molecular complexity index is 1040. The van der Waals surface area contributed by atoms with Crippen molar-refractivity contribution in [1.29, 1.82) is 0 Å². The summed E-state index contributed by atoms with van der Waals surface area (Å²) in [5.41, 5.74) is 2.62. The van der Waals surface area contributed by atoms with Gasteiger partial charge in [-0.2, -0.15) is 0 Å². The first-order valence-corrected chi connectivity index (χ1v) is 14.7. The van der Waals surface area contributed by atoms with Gasteiger partial charge in [-0.1, -0.05) is 23.8 Å². The lowest BCUT2D eigenvalue weighted by Crippen LogP contribution is -2.54. The van der Waals surface area contributed by atoms with Gasteiger partial charge in [0.05, 0.1) is 24.9 Å². The molecule has 1 aliphatic carbocycles. The zero-order valence-corrected chi connectivity index (χ0v) is 23.7. The number of carbonyl (C=O) groups is 1. The van der Waals surface area contributed by atoms with E-state index in [9.17, 15) is 4.79 Å². The fourth-order valence-electron chi connectivity index (χ4n) is 6.31. The number of rotatable bonds is 8. The van der Waals surface area contributed by atoms with Gasteiger partial charge in [0.1, 0.15) is 17.8 Å². The second-order valence-electron chi connectivity index (χ2n) is 11.5. The summed E-state index contributed by atoms with van der Waals surface area (Å²) in [5, 5.41) is 7.22. The summed E-state index contributed by atoms with van der Waals surface area (Å²) in [6.07, 6.45) is 16.0. The number of methoxy groups -OCH3 is 1. The Morgan fingerprint density at radius 3 is 2.77 bits per heavy atom. The summed E-state index contributed by atoms with van der Waals surface area (Å²) >= 11 is 0. The summed E-state index contributed by atoms with van der Waals surface area (Å²) in [6.45, 7) is 7.59. The molecule has 0 bridgehead atoms. The highest BCUT2D eigenvalue weighted by atomic mass is 16.5. The Hall–Kier alpha value is -2.33. The van der Waals surface area contributed by atoms with Crippen LogP contribution in [-0.4, -0.2) is 91.1 Å². The van der Waals surface area contributed by atoms with Gasteiger partial charge in [0.2, 0.25) is 0 Å². The average Bonchev–Trinajstić information content (AvgIpc) is 2.97. The number of amides is 1. The molecule has 0 spiro atoms. The number of nitrogens with one attached hydrogen (secondary N) is 2. The lowest BCUT2D eigenvalue weighted by atomic mass is 9.87. The van der Waals surface area contributed by atoms with Gasteiger partial charge in [0.25, 0.3) is 5.91 Å². The minimum absolute atomic E-state index is 0.0151. The molecule has 3 fully saturated rings. The smallest absolute Gasteiger partial charge is 0.272 e. The highest BCUT2D eigenvalue weighted by molar-refractivity contribution is 5.94. The molecule has 3 saturated heterocycles.